The first-order valence-electron chi connectivity index (χ1n) is 5.79. The molecule has 0 bridgehead atoms. The standard InChI is InChI=1S/C12H15N3O3S/c1-3-7-13-12-14-10-6-5-9(18-4-2)8-11(10)19(16,17)15-12/h3,5-6,8H,1,4,7H2,2H3,(H2,13,14,15). The third kappa shape index (κ3) is 2.87. The summed E-state index contributed by atoms with van der Waals surface area (Å²) in [6.07, 6.45) is 1.58. The van der Waals surface area contributed by atoms with Gasteiger partial charge in [0.25, 0.3) is 10.0 Å². The molecule has 1 aliphatic rings. The number of nitrogens with zero attached hydrogens (tertiary/aromatic N) is 1. The number of fused-ring (bicyclic) bond motifs is 1. The van der Waals surface area contributed by atoms with Crippen molar-refractivity contribution in [3.63, 3.8) is 0 Å². The van der Waals surface area contributed by atoms with Crippen LogP contribution < -0.4 is 14.8 Å². The lowest BCUT2D eigenvalue weighted by atomic mass is 10.3. The van der Waals surface area contributed by atoms with Gasteiger partial charge in [-0.15, -0.1) is 6.58 Å². The maximum absolute atomic E-state index is 12.1. The molecule has 6 nitrogen and oxygen atoms in total. The molecule has 0 spiro atoms. The van der Waals surface area contributed by atoms with E-state index in [-0.39, 0.29) is 10.9 Å². The summed E-state index contributed by atoms with van der Waals surface area (Å²) in [4.78, 5) is 4.17. The van der Waals surface area contributed by atoms with Crippen molar-refractivity contribution in [2.45, 2.75) is 11.8 Å². The van der Waals surface area contributed by atoms with Crippen LogP contribution in [0.1, 0.15) is 6.92 Å². The summed E-state index contributed by atoms with van der Waals surface area (Å²) in [5, 5.41) is 2.91. The summed E-state index contributed by atoms with van der Waals surface area (Å²) in [5.74, 6) is 0.705. The topological polar surface area (TPSA) is 79.8 Å². The summed E-state index contributed by atoms with van der Waals surface area (Å²) in [5.41, 5.74) is 0.477. The molecule has 19 heavy (non-hydrogen) atoms. The van der Waals surface area contributed by atoms with E-state index in [0.29, 0.717) is 24.6 Å². The first-order chi connectivity index (χ1) is 9.06. The minimum atomic E-state index is -3.62. The summed E-state index contributed by atoms with van der Waals surface area (Å²) in [6, 6.07) is 4.85. The maximum Gasteiger partial charge on any atom is 0.266 e. The minimum absolute atomic E-state index is 0.149. The van der Waals surface area contributed by atoms with Gasteiger partial charge in [0.05, 0.1) is 18.8 Å². The fourth-order valence-corrected chi connectivity index (χ4v) is 2.81. The largest absolute Gasteiger partial charge is 0.494 e. The lowest BCUT2D eigenvalue weighted by molar-refractivity contribution is 0.339. The molecule has 0 atom stereocenters. The van der Waals surface area contributed by atoms with Gasteiger partial charge in [-0.05, 0) is 19.1 Å². The maximum atomic E-state index is 12.1. The van der Waals surface area contributed by atoms with Crippen molar-refractivity contribution in [1.82, 2.24) is 4.72 Å². The Labute approximate surface area is 112 Å². The van der Waals surface area contributed by atoms with Crippen LogP contribution in [0.2, 0.25) is 0 Å². The molecule has 2 N–H and O–H groups in total. The number of hydrogen-bond acceptors (Lipinski definition) is 4. The van der Waals surface area contributed by atoms with Crippen LogP contribution in [0.5, 0.6) is 5.75 Å². The summed E-state index contributed by atoms with van der Waals surface area (Å²) in [7, 11) is -3.62. The van der Waals surface area contributed by atoms with E-state index in [1.165, 1.54) is 6.07 Å². The summed E-state index contributed by atoms with van der Waals surface area (Å²) >= 11 is 0. The molecular weight excluding hydrogens is 266 g/mol. The van der Waals surface area contributed by atoms with Crippen molar-refractivity contribution in [2.24, 2.45) is 4.99 Å². The van der Waals surface area contributed by atoms with Crippen molar-refractivity contribution in [2.75, 3.05) is 18.5 Å². The zero-order chi connectivity index (χ0) is 13.9. The Morgan fingerprint density at radius 1 is 1.47 bits per heavy atom. The van der Waals surface area contributed by atoms with E-state index in [2.05, 4.69) is 21.6 Å². The molecule has 1 aromatic carbocycles. The van der Waals surface area contributed by atoms with E-state index >= 15 is 0 Å². The fourth-order valence-electron chi connectivity index (χ4n) is 1.65. The second-order valence-electron chi connectivity index (χ2n) is 3.80. The second kappa shape index (κ2) is 5.31. The number of sulfonamides is 1. The molecule has 0 saturated heterocycles. The van der Waals surface area contributed by atoms with E-state index in [0.717, 1.165) is 0 Å². The molecule has 0 unspecified atom stereocenters. The second-order valence-corrected chi connectivity index (χ2v) is 5.45. The normalized spacial score (nSPS) is 18.1. The van der Waals surface area contributed by atoms with Crippen LogP contribution in [0.15, 0.2) is 40.7 Å². The van der Waals surface area contributed by atoms with Crippen LogP contribution in [0, 0.1) is 0 Å². The highest BCUT2D eigenvalue weighted by atomic mass is 32.2. The molecule has 1 heterocycles. The fraction of sp³-hybridized carbons (Fsp3) is 0.250. The van der Waals surface area contributed by atoms with E-state index in [4.69, 9.17) is 4.74 Å². The molecule has 0 saturated carbocycles. The Morgan fingerprint density at radius 2 is 2.26 bits per heavy atom. The number of guanidine groups is 1. The van der Waals surface area contributed by atoms with E-state index < -0.39 is 10.0 Å². The average molecular weight is 281 g/mol. The third-order valence-electron chi connectivity index (χ3n) is 2.42. The van der Waals surface area contributed by atoms with Gasteiger partial charge >= 0.3 is 0 Å². The van der Waals surface area contributed by atoms with Crippen LogP contribution in [0.25, 0.3) is 0 Å². The van der Waals surface area contributed by atoms with Gasteiger partial charge in [0.2, 0.25) is 5.96 Å². The number of aliphatic imine (C=N–C) groups is 1. The van der Waals surface area contributed by atoms with Gasteiger partial charge in [0.15, 0.2) is 0 Å². The molecule has 0 radical (unpaired) electrons. The molecule has 0 aliphatic carbocycles. The molecule has 7 heteroatoms. The van der Waals surface area contributed by atoms with Crippen LogP contribution in [-0.2, 0) is 10.0 Å². The zero-order valence-corrected chi connectivity index (χ0v) is 11.3. The van der Waals surface area contributed by atoms with Crippen LogP contribution >= 0.6 is 0 Å². The Kier molecular flexibility index (Phi) is 3.75. The molecule has 102 valence electrons. The van der Waals surface area contributed by atoms with Crippen molar-refractivity contribution in [3.8, 4) is 5.75 Å². The van der Waals surface area contributed by atoms with Gasteiger partial charge in [0.1, 0.15) is 10.6 Å². The van der Waals surface area contributed by atoms with Gasteiger partial charge < -0.3 is 10.1 Å². The highest BCUT2D eigenvalue weighted by Crippen LogP contribution is 2.28. The number of ether oxygens (including phenoxy) is 1. The number of benzene rings is 1. The molecule has 1 aliphatic heterocycles. The lowest BCUT2D eigenvalue weighted by Crippen LogP contribution is -2.40. The molecule has 0 aromatic heterocycles. The monoisotopic (exact) mass is 281 g/mol. The van der Waals surface area contributed by atoms with Gasteiger partial charge in [-0.2, -0.15) is 0 Å². The Bertz CT molecular complexity index is 623. The highest BCUT2D eigenvalue weighted by Gasteiger charge is 2.26. The Balaban J connectivity index is 2.41. The molecule has 0 amide bonds. The number of hydrogen-bond donors (Lipinski definition) is 2. The van der Waals surface area contributed by atoms with Crippen molar-refractivity contribution in [1.29, 1.82) is 0 Å². The number of anilines is 1. The Morgan fingerprint density at radius 3 is 2.95 bits per heavy atom. The summed E-state index contributed by atoms with van der Waals surface area (Å²) in [6.45, 7) is 6.18. The van der Waals surface area contributed by atoms with Crippen molar-refractivity contribution < 1.29 is 13.2 Å². The first kappa shape index (κ1) is 13.4. The minimum Gasteiger partial charge on any atom is -0.494 e. The Hall–Kier alpha value is -2.02. The van der Waals surface area contributed by atoms with Gasteiger partial charge in [-0.25, -0.2) is 18.1 Å². The number of rotatable bonds is 4. The average Bonchev–Trinajstić information content (AvgIpc) is 2.37. The third-order valence-corrected chi connectivity index (χ3v) is 3.80. The van der Waals surface area contributed by atoms with Gasteiger partial charge in [-0.3, -0.25) is 0 Å². The van der Waals surface area contributed by atoms with Crippen molar-refractivity contribution >= 4 is 21.7 Å². The van der Waals surface area contributed by atoms with Gasteiger partial charge in [-0.1, -0.05) is 6.08 Å². The van der Waals surface area contributed by atoms with E-state index in [1.54, 1.807) is 18.2 Å². The predicted molar refractivity (Wildman–Crippen MR) is 74.1 cm³/mol. The first-order valence-corrected chi connectivity index (χ1v) is 7.27. The van der Waals surface area contributed by atoms with Crippen LogP contribution in [0.4, 0.5) is 5.69 Å². The van der Waals surface area contributed by atoms with E-state index in [9.17, 15) is 8.42 Å². The lowest BCUT2D eigenvalue weighted by Gasteiger charge is -2.21. The SMILES string of the molecule is C=CCN=C1Nc2ccc(OCC)cc2S(=O)(=O)N1. The van der Waals surface area contributed by atoms with Crippen molar-refractivity contribution in [3.05, 3.63) is 30.9 Å². The molecule has 2 rings (SSSR count). The van der Waals surface area contributed by atoms with Gasteiger partial charge in [0, 0.05) is 6.07 Å². The van der Waals surface area contributed by atoms with E-state index in [1.807, 2.05) is 6.92 Å². The number of nitrogens with one attached hydrogen (secondary N) is 2. The quantitative estimate of drug-likeness (QED) is 0.816. The van der Waals surface area contributed by atoms with Crippen LogP contribution in [-0.4, -0.2) is 27.5 Å². The molecule has 0 fully saturated rings. The smallest absolute Gasteiger partial charge is 0.266 e. The molecular formula is C12H15N3O3S. The molecule has 1 aromatic rings. The summed E-state index contributed by atoms with van der Waals surface area (Å²) < 4.78 is 31.8. The highest BCUT2D eigenvalue weighted by molar-refractivity contribution is 7.90. The predicted octanol–water partition coefficient (Wildman–Crippen LogP) is 1.33. The van der Waals surface area contributed by atoms with Crippen LogP contribution in [0.3, 0.4) is 0 Å². The zero-order valence-electron chi connectivity index (χ0n) is 10.5.